The van der Waals surface area contributed by atoms with Crippen molar-refractivity contribution in [2.75, 3.05) is 25.5 Å². The van der Waals surface area contributed by atoms with Crippen molar-refractivity contribution in [3.05, 3.63) is 34.7 Å². The summed E-state index contributed by atoms with van der Waals surface area (Å²) < 4.78 is 5.13. The number of hydrogen-bond acceptors (Lipinski definition) is 6. The molecule has 1 aliphatic rings. The number of nitrogens with one attached hydrogen (secondary N) is 2. The molecule has 0 radical (unpaired) electrons. The molecular formula is C17H22N4O3S. The Morgan fingerprint density at radius 3 is 2.88 bits per heavy atom. The van der Waals surface area contributed by atoms with Crippen LogP contribution in [0.25, 0.3) is 0 Å². The largest absolute Gasteiger partial charge is 0.469 e. The highest BCUT2D eigenvalue weighted by Crippen LogP contribution is 2.19. The minimum absolute atomic E-state index is 0.0563. The van der Waals surface area contributed by atoms with Crippen LogP contribution in [0, 0.1) is 6.92 Å². The van der Waals surface area contributed by atoms with Gasteiger partial charge in [0.05, 0.1) is 23.9 Å². The van der Waals surface area contributed by atoms with Crippen molar-refractivity contribution in [1.82, 2.24) is 15.2 Å². The zero-order valence-electron chi connectivity index (χ0n) is 14.4. The normalized spacial score (nSPS) is 15.1. The third kappa shape index (κ3) is 4.26. The molecule has 2 aromatic rings. The van der Waals surface area contributed by atoms with E-state index in [0.717, 1.165) is 25.9 Å². The Bertz CT molecular complexity index is 749. The predicted molar refractivity (Wildman–Crippen MR) is 95.9 cm³/mol. The third-order valence-corrected chi connectivity index (χ3v) is 5.26. The van der Waals surface area contributed by atoms with E-state index in [4.69, 9.17) is 4.42 Å². The smallest absolute Gasteiger partial charge is 0.260 e. The molecule has 0 saturated carbocycles. The molecular weight excluding hydrogens is 340 g/mol. The van der Waals surface area contributed by atoms with Crippen LogP contribution in [-0.4, -0.2) is 47.9 Å². The maximum atomic E-state index is 12.4. The van der Waals surface area contributed by atoms with E-state index in [1.165, 1.54) is 17.6 Å². The Morgan fingerprint density at radius 2 is 2.20 bits per heavy atom. The summed E-state index contributed by atoms with van der Waals surface area (Å²) in [7, 11) is 1.86. The maximum Gasteiger partial charge on any atom is 0.260 e. The fourth-order valence-corrected chi connectivity index (χ4v) is 3.61. The van der Waals surface area contributed by atoms with Crippen molar-refractivity contribution in [2.24, 2.45) is 0 Å². The Balaban J connectivity index is 1.57. The molecule has 8 heteroatoms. The fraction of sp³-hybridized carbons (Fsp3) is 0.471. The monoisotopic (exact) mass is 362 g/mol. The Labute approximate surface area is 150 Å². The number of furan rings is 1. The lowest BCUT2D eigenvalue weighted by molar-refractivity contribution is -0.131. The van der Waals surface area contributed by atoms with Gasteiger partial charge in [-0.3, -0.25) is 14.9 Å². The molecule has 2 amide bonds. The van der Waals surface area contributed by atoms with Gasteiger partial charge in [-0.05, 0) is 38.9 Å². The summed E-state index contributed by atoms with van der Waals surface area (Å²) in [5.41, 5.74) is 1.16. The van der Waals surface area contributed by atoms with Crippen LogP contribution < -0.4 is 10.6 Å². The first-order chi connectivity index (χ1) is 12.0. The predicted octanol–water partition coefficient (Wildman–Crippen LogP) is 2.05. The first kappa shape index (κ1) is 17.6. The summed E-state index contributed by atoms with van der Waals surface area (Å²) in [5.74, 6) is 0.360. The van der Waals surface area contributed by atoms with Gasteiger partial charge >= 0.3 is 0 Å². The summed E-state index contributed by atoms with van der Waals surface area (Å²) in [6, 6.07) is 1.91. The number of hydrogen-bond donors (Lipinski definition) is 2. The van der Waals surface area contributed by atoms with Crippen LogP contribution in [0.15, 0.2) is 22.1 Å². The van der Waals surface area contributed by atoms with E-state index in [-0.39, 0.29) is 24.3 Å². The summed E-state index contributed by atoms with van der Waals surface area (Å²) in [4.78, 5) is 30.8. The topological polar surface area (TPSA) is 87.5 Å². The lowest BCUT2D eigenvalue weighted by Crippen LogP contribution is -2.44. The van der Waals surface area contributed by atoms with Gasteiger partial charge in [-0.15, -0.1) is 11.3 Å². The maximum absolute atomic E-state index is 12.4. The van der Waals surface area contributed by atoms with Crippen LogP contribution in [0.4, 0.5) is 5.13 Å². The molecule has 3 heterocycles. The number of aromatic nitrogens is 1. The van der Waals surface area contributed by atoms with Gasteiger partial charge in [-0.1, -0.05) is 0 Å². The summed E-state index contributed by atoms with van der Waals surface area (Å²) in [6.07, 6.45) is 3.68. The number of nitrogens with zero attached hydrogens (tertiary/aromatic N) is 2. The van der Waals surface area contributed by atoms with Crippen LogP contribution in [-0.2, 0) is 11.2 Å². The molecule has 2 N–H and O–H groups in total. The number of carbonyl (C=O) groups is 2. The van der Waals surface area contributed by atoms with Gasteiger partial charge in [0, 0.05) is 18.5 Å². The van der Waals surface area contributed by atoms with E-state index in [1.807, 2.05) is 17.3 Å². The molecule has 25 heavy (non-hydrogen) atoms. The van der Waals surface area contributed by atoms with Crippen LogP contribution in [0.1, 0.15) is 34.7 Å². The highest BCUT2D eigenvalue weighted by molar-refractivity contribution is 7.14. The van der Waals surface area contributed by atoms with Gasteiger partial charge < -0.3 is 14.6 Å². The number of piperidine rings is 1. The standard InChI is InChI=1S/C17H22N4O3S/c1-11-14(5-8-24-11)16(23)20-17-19-12(10-25-17)9-15(22)21(2)13-3-6-18-7-4-13/h5,8,10,13,18H,3-4,6-7,9H2,1-2H3,(H,19,20,23). The highest BCUT2D eigenvalue weighted by Gasteiger charge is 2.22. The zero-order chi connectivity index (χ0) is 17.8. The molecule has 1 fully saturated rings. The van der Waals surface area contributed by atoms with Crippen molar-refractivity contribution in [2.45, 2.75) is 32.2 Å². The van der Waals surface area contributed by atoms with Crippen LogP contribution in [0.2, 0.25) is 0 Å². The number of aryl methyl sites for hydroxylation is 1. The Kier molecular flexibility index (Phi) is 5.50. The van der Waals surface area contributed by atoms with Crippen LogP contribution in [0.3, 0.4) is 0 Å². The Morgan fingerprint density at radius 1 is 1.44 bits per heavy atom. The number of anilines is 1. The fourth-order valence-electron chi connectivity index (χ4n) is 2.91. The van der Waals surface area contributed by atoms with E-state index in [2.05, 4.69) is 15.6 Å². The van der Waals surface area contributed by atoms with Gasteiger partial charge in [0.1, 0.15) is 5.76 Å². The van der Waals surface area contributed by atoms with E-state index >= 15 is 0 Å². The van der Waals surface area contributed by atoms with Gasteiger partial charge in [-0.25, -0.2) is 4.98 Å². The van der Waals surface area contributed by atoms with Gasteiger partial charge in [0.25, 0.3) is 5.91 Å². The minimum Gasteiger partial charge on any atom is -0.469 e. The average Bonchev–Trinajstić information content (AvgIpc) is 3.23. The molecule has 0 aromatic carbocycles. The SMILES string of the molecule is Cc1occc1C(=O)Nc1nc(CC(=O)N(C)C2CCNCC2)cs1. The molecule has 2 aromatic heterocycles. The van der Waals surface area contributed by atoms with E-state index in [0.29, 0.717) is 22.1 Å². The summed E-state index contributed by atoms with van der Waals surface area (Å²) >= 11 is 1.32. The Hall–Kier alpha value is -2.19. The molecule has 0 bridgehead atoms. The van der Waals surface area contributed by atoms with Gasteiger partial charge in [-0.2, -0.15) is 0 Å². The van der Waals surface area contributed by atoms with Gasteiger partial charge in [0.15, 0.2) is 5.13 Å². The van der Waals surface area contributed by atoms with Crippen molar-refractivity contribution < 1.29 is 14.0 Å². The van der Waals surface area contributed by atoms with Crippen molar-refractivity contribution in [1.29, 1.82) is 0 Å². The summed E-state index contributed by atoms with van der Waals surface area (Å²) in [6.45, 7) is 3.63. The highest BCUT2D eigenvalue weighted by atomic mass is 32.1. The molecule has 134 valence electrons. The van der Waals surface area contributed by atoms with Crippen molar-refractivity contribution >= 4 is 28.3 Å². The van der Waals surface area contributed by atoms with E-state index < -0.39 is 0 Å². The zero-order valence-corrected chi connectivity index (χ0v) is 15.2. The van der Waals surface area contributed by atoms with Crippen molar-refractivity contribution in [3.63, 3.8) is 0 Å². The lowest BCUT2D eigenvalue weighted by atomic mass is 10.0. The minimum atomic E-state index is -0.259. The molecule has 1 aliphatic heterocycles. The molecule has 7 nitrogen and oxygen atoms in total. The first-order valence-corrected chi connectivity index (χ1v) is 9.19. The van der Waals surface area contributed by atoms with E-state index in [1.54, 1.807) is 13.0 Å². The summed E-state index contributed by atoms with van der Waals surface area (Å²) in [5, 5.41) is 8.34. The molecule has 0 unspecified atom stereocenters. The number of thiazole rings is 1. The quantitative estimate of drug-likeness (QED) is 0.850. The van der Waals surface area contributed by atoms with Crippen molar-refractivity contribution in [3.8, 4) is 0 Å². The number of amides is 2. The molecule has 0 atom stereocenters. The molecule has 0 spiro atoms. The first-order valence-electron chi connectivity index (χ1n) is 8.31. The number of carbonyl (C=O) groups excluding carboxylic acids is 2. The number of likely N-dealkylation sites (N-methyl/N-ethyl adjacent to an activating group) is 1. The van der Waals surface area contributed by atoms with Gasteiger partial charge in [0.2, 0.25) is 5.91 Å². The number of rotatable bonds is 5. The molecule has 3 rings (SSSR count). The van der Waals surface area contributed by atoms with E-state index in [9.17, 15) is 9.59 Å². The molecule has 0 aliphatic carbocycles. The average molecular weight is 362 g/mol. The lowest BCUT2D eigenvalue weighted by Gasteiger charge is -2.31. The second kappa shape index (κ2) is 7.79. The molecule has 1 saturated heterocycles. The third-order valence-electron chi connectivity index (χ3n) is 4.46. The van der Waals surface area contributed by atoms with Crippen LogP contribution >= 0.6 is 11.3 Å². The van der Waals surface area contributed by atoms with Crippen LogP contribution in [0.5, 0.6) is 0 Å². The second-order valence-corrected chi connectivity index (χ2v) is 7.01. The second-order valence-electron chi connectivity index (χ2n) is 6.15.